The third kappa shape index (κ3) is 3.97. The van der Waals surface area contributed by atoms with E-state index in [1.54, 1.807) is 20.8 Å². The minimum atomic E-state index is -3.32. The maximum absolute atomic E-state index is 13.7. The van der Waals surface area contributed by atoms with E-state index in [9.17, 15) is 13.6 Å². The van der Waals surface area contributed by atoms with Crippen molar-refractivity contribution >= 4 is 17.6 Å². The smallest absolute Gasteiger partial charge is 0.347 e. The lowest BCUT2D eigenvalue weighted by atomic mass is 10.1. The van der Waals surface area contributed by atoms with Gasteiger partial charge in [-0.2, -0.15) is 8.78 Å². The van der Waals surface area contributed by atoms with Gasteiger partial charge in [0.1, 0.15) is 10.7 Å². The lowest BCUT2D eigenvalue weighted by Crippen LogP contribution is -2.18. The molecular weight excluding hydrogens is 320 g/mol. The van der Waals surface area contributed by atoms with Gasteiger partial charge in [-0.3, -0.25) is 0 Å². The Hall–Kier alpha value is -1.63. The molecule has 0 spiro atoms. The minimum Gasteiger partial charge on any atom is -0.491 e. The van der Waals surface area contributed by atoms with Crippen molar-refractivity contribution in [2.45, 2.75) is 33.6 Å². The lowest BCUT2D eigenvalue weighted by Gasteiger charge is -2.19. The zero-order chi connectivity index (χ0) is 16.9. The van der Waals surface area contributed by atoms with Gasteiger partial charge in [-0.1, -0.05) is 11.6 Å². The van der Waals surface area contributed by atoms with Crippen LogP contribution in [0.15, 0.2) is 0 Å². The second-order valence-electron chi connectivity index (χ2n) is 4.26. The van der Waals surface area contributed by atoms with Crippen LogP contribution in [0.25, 0.3) is 0 Å². The highest BCUT2D eigenvalue weighted by atomic mass is 35.5. The molecule has 0 aliphatic rings. The van der Waals surface area contributed by atoms with Crippen LogP contribution in [0.4, 0.5) is 8.78 Å². The van der Waals surface area contributed by atoms with E-state index in [1.165, 1.54) is 0 Å². The molecular formula is C14H18ClF2NO4. The van der Waals surface area contributed by atoms with E-state index in [0.717, 1.165) is 0 Å². The normalized spacial score (nSPS) is 11.2. The highest BCUT2D eigenvalue weighted by Gasteiger charge is 2.36. The molecule has 0 fully saturated rings. The average molecular weight is 338 g/mol. The molecule has 0 aliphatic carbocycles. The van der Waals surface area contributed by atoms with Crippen LogP contribution < -0.4 is 9.47 Å². The van der Waals surface area contributed by atoms with Gasteiger partial charge in [0, 0.05) is 6.92 Å². The zero-order valence-electron chi connectivity index (χ0n) is 12.8. The van der Waals surface area contributed by atoms with E-state index in [0.29, 0.717) is 6.92 Å². The summed E-state index contributed by atoms with van der Waals surface area (Å²) in [5, 5.41) is -0.430. The first-order chi connectivity index (χ1) is 10.3. The molecule has 1 aromatic rings. The number of esters is 1. The highest BCUT2D eigenvalue weighted by molar-refractivity contribution is 6.33. The molecule has 5 nitrogen and oxygen atoms in total. The Bertz CT molecular complexity index is 547. The predicted molar refractivity (Wildman–Crippen MR) is 77.1 cm³/mol. The monoisotopic (exact) mass is 337 g/mol. The molecule has 22 heavy (non-hydrogen) atoms. The van der Waals surface area contributed by atoms with Gasteiger partial charge in [-0.15, -0.1) is 0 Å². The van der Waals surface area contributed by atoms with E-state index in [1.807, 2.05) is 0 Å². The van der Waals surface area contributed by atoms with Crippen molar-refractivity contribution in [3.8, 4) is 11.6 Å². The van der Waals surface area contributed by atoms with Gasteiger partial charge in [0.25, 0.3) is 5.92 Å². The summed E-state index contributed by atoms with van der Waals surface area (Å²) >= 11 is 5.96. The Morgan fingerprint density at radius 2 is 1.77 bits per heavy atom. The van der Waals surface area contributed by atoms with Gasteiger partial charge < -0.3 is 14.2 Å². The number of carbonyl (C=O) groups is 1. The van der Waals surface area contributed by atoms with Crippen LogP contribution in [0.3, 0.4) is 0 Å². The molecule has 0 saturated heterocycles. The van der Waals surface area contributed by atoms with E-state index >= 15 is 0 Å². The molecule has 0 unspecified atom stereocenters. The zero-order valence-corrected chi connectivity index (χ0v) is 13.6. The van der Waals surface area contributed by atoms with E-state index < -0.39 is 22.6 Å². The van der Waals surface area contributed by atoms with Crippen molar-refractivity contribution in [3.63, 3.8) is 0 Å². The number of carbonyl (C=O) groups excluding carboxylic acids is 1. The first kappa shape index (κ1) is 18.4. The lowest BCUT2D eigenvalue weighted by molar-refractivity contribution is 0.0116. The molecule has 1 rings (SSSR count). The third-order valence-corrected chi connectivity index (χ3v) is 2.88. The quantitative estimate of drug-likeness (QED) is 0.708. The number of halogens is 3. The Balaban J connectivity index is 3.63. The van der Waals surface area contributed by atoms with Gasteiger partial charge >= 0.3 is 5.97 Å². The summed E-state index contributed by atoms with van der Waals surface area (Å²) in [4.78, 5) is 15.8. The van der Waals surface area contributed by atoms with Crippen LogP contribution in [0.2, 0.25) is 5.02 Å². The second kappa shape index (κ2) is 7.58. The van der Waals surface area contributed by atoms with Crippen molar-refractivity contribution < 1.29 is 27.8 Å². The molecule has 0 bridgehead atoms. The summed E-state index contributed by atoms with van der Waals surface area (Å²) in [6.07, 6.45) is 0. The topological polar surface area (TPSA) is 57.7 Å². The molecule has 124 valence electrons. The maximum atomic E-state index is 13.7. The first-order valence-electron chi connectivity index (χ1n) is 6.82. The summed E-state index contributed by atoms with van der Waals surface area (Å²) in [5.74, 6) is -4.61. The fourth-order valence-electron chi connectivity index (χ4n) is 1.72. The van der Waals surface area contributed by atoms with Crippen LogP contribution in [0.1, 0.15) is 43.7 Å². The summed E-state index contributed by atoms with van der Waals surface area (Å²) in [6.45, 7) is 5.88. The van der Waals surface area contributed by atoms with Gasteiger partial charge in [-0.25, -0.2) is 9.78 Å². The summed E-state index contributed by atoms with van der Waals surface area (Å²) in [6, 6.07) is 0. The molecule has 1 heterocycles. The Morgan fingerprint density at radius 3 is 2.23 bits per heavy atom. The van der Waals surface area contributed by atoms with Crippen LogP contribution in [0, 0.1) is 0 Å². The van der Waals surface area contributed by atoms with Crippen LogP contribution in [-0.2, 0) is 10.7 Å². The van der Waals surface area contributed by atoms with Crippen LogP contribution >= 0.6 is 11.6 Å². The van der Waals surface area contributed by atoms with E-state index in [-0.39, 0.29) is 37.0 Å². The van der Waals surface area contributed by atoms with Crippen LogP contribution in [0.5, 0.6) is 11.6 Å². The number of nitrogens with zero attached hydrogens (tertiary/aromatic N) is 1. The molecule has 0 aromatic carbocycles. The third-order valence-electron chi connectivity index (χ3n) is 2.53. The molecule has 0 saturated carbocycles. The largest absolute Gasteiger partial charge is 0.491 e. The molecule has 8 heteroatoms. The van der Waals surface area contributed by atoms with Crippen molar-refractivity contribution in [3.05, 3.63) is 16.3 Å². The minimum absolute atomic E-state index is 0.0965. The van der Waals surface area contributed by atoms with Crippen molar-refractivity contribution in [1.29, 1.82) is 0 Å². The Morgan fingerprint density at radius 1 is 1.18 bits per heavy atom. The standard InChI is InChI=1S/C14H18ClF2NO4/c1-5-20-10-8(13(19)22-7-3)12(21-6-2)18-11(9(10)15)14(4,16)17/h5-7H2,1-4H3. The number of pyridine rings is 1. The maximum Gasteiger partial charge on any atom is 0.347 e. The van der Waals surface area contributed by atoms with Crippen LogP contribution in [-0.4, -0.2) is 30.8 Å². The van der Waals surface area contributed by atoms with Crippen molar-refractivity contribution in [1.82, 2.24) is 4.98 Å². The number of aromatic nitrogens is 1. The highest BCUT2D eigenvalue weighted by Crippen LogP contribution is 2.42. The van der Waals surface area contributed by atoms with Gasteiger partial charge in [0.2, 0.25) is 5.88 Å². The Kier molecular flexibility index (Phi) is 6.34. The number of ether oxygens (including phenoxy) is 3. The number of rotatable bonds is 7. The number of hydrogen-bond acceptors (Lipinski definition) is 5. The SMILES string of the molecule is CCOC(=O)c1c(OCC)nc(C(C)(F)F)c(Cl)c1OCC. The number of alkyl halides is 2. The van der Waals surface area contributed by atoms with Gasteiger partial charge in [0.15, 0.2) is 11.3 Å². The van der Waals surface area contributed by atoms with E-state index in [4.69, 9.17) is 25.8 Å². The Labute approximate surface area is 132 Å². The van der Waals surface area contributed by atoms with Gasteiger partial charge in [0.05, 0.1) is 19.8 Å². The second-order valence-corrected chi connectivity index (χ2v) is 4.64. The van der Waals surface area contributed by atoms with Gasteiger partial charge in [-0.05, 0) is 20.8 Å². The molecule has 0 atom stereocenters. The molecule has 0 amide bonds. The molecule has 0 radical (unpaired) electrons. The van der Waals surface area contributed by atoms with Crippen molar-refractivity contribution in [2.75, 3.05) is 19.8 Å². The summed E-state index contributed by atoms with van der Waals surface area (Å²) < 4.78 is 42.7. The summed E-state index contributed by atoms with van der Waals surface area (Å²) in [7, 11) is 0. The average Bonchev–Trinajstić information content (AvgIpc) is 2.41. The number of hydrogen-bond donors (Lipinski definition) is 0. The van der Waals surface area contributed by atoms with E-state index in [2.05, 4.69) is 4.98 Å². The molecule has 1 aromatic heterocycles. The molecule has 0 N–H and O–H groups in total. The summed E-state index contributed by atoms with van der Waals surface area (Å²) in [5.41, 5.74) is -0.905. The fourth-order valence-corrected chi connectivity index (χ4v) is 2.07. The first-order valence-corrected chi connectivity index (χ1v) is 7.20. The van der Waals surface area contributed by atoms with Crippen molar-refractivity contribution in [2.24, 2.45) is 0 Å². The predicted octanol–water partition coefficient (Wildman–Crippen LogP) is 3.82. The molecule has 0 aliphatic heterocycles. The fraction of sp³-hybridized carbons (Fsp3) is 0.571.